The van der Waals surface area contributed by atoms with E-state index in [-0.39, 0.29) is 55.4 Å². The van der Waals surface area contributed by atoms with Crippen LogP contribution in [0.15, 0.2) is 67.3 Å². The summed E-state index contributed by atoms with van der Waals surface area (Å²) in [7, 11) is 0. The van der Waals surface area contributed by atoms with E-state index in [4.69, 9.17) is 0 Å². The molecule has 2 heterocycles. The van der Waals surface area contributed by atoms with Gasteiger partial charge in [0.15, 0.2) is 0 Å². The average Bonchev–Trinajstić information content (AvgIpc) is 3.64. The number of hydrogen-bond donors (Lipinski definition) is 7. The first-order valence-corrected chi connectivity index (χ1v) is 18.2. The first kappa shape index (κ1) is 41.8. The van der Waals surface area contributed by atoms with Gasteiger partial charge in [-0.25, -0.2) is 4.98 Å². The highest BCUT2D eigenvalue weighted by atomic mass is 16.3. The van der Waals surface area contributed by atoms with Gasteiger partial charge in [-0.1, -0.05) is 84.4 Å². The van der Waals surface area contributed by atoms with Crippen LogP contribution in [0.2, 0.25) is 0 Å². The van der Waals surface area contributed by atoms with Crippen LogP contribution in [0.3, 0.4) is 0 Å². The third-order valence-electron chi connectivity index (χ3n) is 9.30. The predicted octanol–water partition coefficient (Wildman–Crippen LogP) is 2.84. The Bertz CT molecular complexity index is 1520. The van der Waals surface area contributed by atoms with Gasteiger partial charge in [0.25, 0.3) is 0 Å². The maximum Gasteiger partial charge on any atom is 0.249 e. The first-order chi connectivity index (χ1) is 24.8. The van der Waals surface area contributed by atoms with E-state index in [1.54, 1.807) is 30.6 Å². The average molecular weight is 720 g/mol. The molecule has 0 aliphatic carbocycles. The summed E-state index contributed by atoms with van der Waals surface area (Å²) < 4.78 is 0. The van der Waals surface area contributed by atoms with E-state index >= 15 is 0 Å². The fourth-order valence-electron chi connectivity index (χ4n) is 5.99. The molecular weight excluding hydrogens is 662 g/mol. The molecule has 13 heteroatoms. The molecule has 0 fully saturated rings. The summed E-state index contributed by atoms with van der Waals surface area (Å²) in [5, 5.41) is 33.8. The Labute approximate surface area is 307 Å². The molecule has 7 atom stereocenters. The van der Waals surface area contributed by atoms with E-state index in [2.05, 4.69) is 36.2 Å². The number of nitrogens with zero attached hydrogens (tertiary/aromatic N) is 2. The maximum atomic E-state index is 13.8. The second-order valence-electron chi connectivity index (χ2n) is 14.4. The molecule has 0 bridgehead atoms. The Kier molecular flexibility index (Phi) is 16.9. The van der Waals surface area contributed by atoms with Gasteiger partial charge in [0.05, 0.1) is 30.7 Å². The van der Waals surface area contributed by atoms with Gasteiger partial charge in [-0.2, -0.15) is 0 Å². The predicted molar refractivity (Wildman–Crippen MR) is 198 cm³/mol. The van der Waals surface area contributed by atoms with E-state index in [1.165, 1.54) is 6.33 Å². The number of aliphatic hydroxyl groups excluding tert-OH is 2. The Morgan fingerprint density at radius 3 is 2.12 bits per heavy atom. The molecule has 0 saturated carbocycles. The van der Waals surface area contributed by atoms with Gasteiger partial charge in [0, 0.05) is 36.8 Å². The number of amides is 4. The molecule has 3 rings (SSSR count). The smallest absolute Gasteiger partial charge is 0.249 e. The van der Waals surface area contributed by atoms with Crippen LogP contribution in [0, 0.1) is 23.7 Å². The van der Waals surface area contributed by atoms with Crippen LogP contribution in [-0.4, -0.2) is 79.1 Å². The molecule has 0 radical (unpaired) electrons. The van der Waals surface area contributed by atoms with Gasteiger partial charge in [0.2, 0.25) is 23.6 Å². The van der Waals surface area contributed by atoms with Crippen LogP contribution >= 0.6 is 0 Å². The van der Waals surface area contributed by atoms with E-state index in [0.29, 0.717) is 24.2 Å². The molecule has 7 N–H and O–H groups in total. The molecule has 13 nitrogen and oxygen atoms in total. The standard InChI is InChI=1S/C39H57N7O6/c1-7-26(6)35(39(52)42-22-28-15-11-12-16-41-28)46-36(49)30(25(4)5)20-33(47)31(17-24(2)3)44-37(50)32(19-29-21-40-23-43-29)45-38(51)34(48)18-27-13-9-8-10-14-27/h8-16,21,23-26,30-35,47-48H,7,17-20,22H2,1-6H3,(H,40,43)(H,42,52)(H,44,50)(H,45,51)(H,46,49). The van der Waals surface area contributed by atoms with Crippen molar-refractivity contribution < 1.29 is 29.4 Å². The van der Waals surface area contributed by atoms with E-state index < -0.39 is 48.1 Å². The van der Waals surface area contributed by atoms with E-state index in [1.807, 2.05) is 71.9 Å². The quantitative estimate of drug-likeness (QED) is 0.0872. The summed E-state index contributed by atoms with van der Waals surface area (Å²) in [6.45, 7) is 11.7. The molecule has 0 aliphatic rings. The van der Waals surface area contributed by atoms with Crippen molar-refractivity contribution in [2.24, 2.45) is 23.7 Å². The minimum Gasteiger partial charge on any atom is -0.391 e. The van der Waals surface area contributed by atoms with Crippen LogP contribution in [0.4, 0.5) is 0 Å². The number of aromatic nitrogens is 3. The Hall–Kier alpha value is -4.62. The van der Waals surface area contributed by atoms with Crippen LogP contribution in [0.25, 0.3) is 0 Å². The van der Waals surface area contributed by atoms with Gasteiger partial charge in [-0.3, -0.25) is 24.2 Å². The number of imidazole rings is 1. The molecule has 2 aromatic heterocycles. The fraction of sp³-hybridized carbons (Fsp3) is 0.538. The summed E-state index contributed by atoms with van der Waals surface area (Å²) in [5.41, 5.74) is 2.06. The molecule has 1 aromatic carbocycles. The highest BCUT2D eigenvalue weighted by Crippen LogP contribution is 2.23. The van der Waals surface area contributed by atoms with Crippen LogP contribution in [0.5, 0.6) is 0 Å². The molecule has 52 heavy (non-hydrogen) atoms. The van der Waals surface area contributed by atoms with Crippen molar-refractivity contribution in [1.29, 1.82) is 0 Å². The van der Waals surface area contributed by atoms with Gasteiger partial charge in [-0.05, 0) is 48.3 Å². The van der Waals surface area contributed by atoms with Crippen molar-refractivity contribution in [1.82, 2.24) is 36.2 Å². The fourth-order valence-corrected chi connectivity index (χ4v) is 5.99. The zero-order chi connectivity index (χ0) is 38.2. The van der Waals surface area contributed by atoms with Crippen molar-refractivity contribution in [2.45, 2.75) is 111 Å². The largest absolute Gasteiger partial charge is 0.391 e. The third-order valence-corrected chi connectivity index (χ3v) is 9.30. The van der Waals surface area contributed by atoms with Gasteiger partial charge >= 0.3 is 0 Å². The number of carbonyl (C=O) groups excluding carboxylic acids is 4. The van der Waals surface area contributed by atoms with Crippen molar-refractivity contribution in [3.8, 4) is 0 Å². The summed E-state index contributed by atoms with van der Waals surface area (Å²) in [5.74, 6) is -2.90. The molecular formula is C39H57N7O6. The lowest BCUT2D eigenvalue weighted by Crippen LogP contribution is -2.56. The maximum absolute atomic E-state index is 13.8. The summed E-state index contributed by atoms with van der Waals surface area (Å²) in [6.07, 6.45) is 3.35. The van der Waals surface area contributed by atoms with Crippen molar-refractivity contribution in [3.63, 3.8) is 0 Å². The summed E-state index contributed by atoms with van der Waals surface area (Å²) in [4.78, 5) is 65.3. The molecule has 0 aliphatic heterocycles. The molecule has 4 amide bonds. The summed E-state index contributed by atoms with van der Waals surface area (Å²) in [6, 6.07) is 11.9. The van der Waals surface area contributed by atoms with Crippen molar-refractivity contribution in [3.05, 3.63) is 84.2 Å². The number of benzene rings is 1. The molecule has 0 saturated heterocycles. The minimum atomic E-state index is -1.39. The van der Waals surface area contributed by atoms with Crippen LogP contribution < -0.4 is 21.3 Å². The number of aliphatic hydroxyl groups is 2. The van der Waals surface area contributed by atoms with Crippen molar-refractivity contribution >= 4 is 23.6 Å². The Balaban J connectivity index is 1.73. The SMILES string of the molecule is CCC(C)C(NC(=O)C(CC(O)C(CC(C)C)NC(=O)C(Cc1cnc[nH]1)NC(=O)C(O)Cc1ccccc1)C(C)C)C(=O)NCc1ccccn1. The highest BCUT2D eigenvalue weighted by molar-refractivity contribution is 5.90. The second kappa shape index (κ2) is 21.0. The van der Waals surface area contributed by atoms with Crippen LogP contribution in [-0.2, 0) is 38.6 Å². The number of hydrogen-bond acceptors (Lipinski definition) is 8. The topological polar surface area (TPSA) is 198 Å². The highest BCUT2D eigenvalue weighted by Gasteiger charge is 2.35. The summed E-state index contributed by atoms with van der Waals surface area (Å²) >= 11 is 0. The van der Waals surface area contributed by atoms with Gasteiger partial charge in [-0.15, -0.1) is 0 Å². The van der Waals surface area contributed by atoms with Gasteiger partial charge in [0.1, 0.15) is 18.2 Å². The first-order valence-electron chi connectivity index (χ1n) is 18.2. The zero-order valence-electron chi connectivity index (χ0n) is 31.2. The molecule has 284 valence electrons. The molecule has 3 aromatic rings. The zero-order valence-corrected chi connectivity index (χ0v) is 31.2. The van der Waals surface area contributed by atoms with E-state index in [0.717, 1.165) is 5.56 Å². The lowest BCUT2D eigenvalue weighted by atomic mass is 9.85. The Morgan fingerprint density at radius 2 is 1.52 bits per heavy atom. The van der Waals surface area contributed by atoms with Crippen LogP contribution in [0.1, 0.15) is 77.8 Å². The number of carbonyl (C=O) groups is 4. The lowest BCUT2D eigenvalue weighted by molar-refractivity contribution is -0.135. The second-order valence-corrected chi connectivity index (χ2v) is 14.4. The Morgan fingerprint density at radius 1 is 0.808 bits per heavy atom. The molecule has 0 spiro atoms. The number of H-pyrrole nitrogens is 1. The normalized spacial score (nSPS) is 15.5. The van der Waals surface area contributed by atoms with Crippen molar-refractivity contribution in [2.75, 3.05) is 0 Å². The number of rotatable bonds is 21. The molecule has 7 unspecified atom stereocenters. The number of pyridine rings is 1. The number of aromatic amines is 1. The lowest BCUT2D eigenvalue weighted by Gasteiger charge is -2.32. The number of nitrogens with one attached hydrogen (secondary N) is 5. The van der Waals surface area contributed by atoms with E-state index in [9.17, 15) is 29.4 Å². The third kappa shape index (κ3) is 13.5. The van der Waals surface area contributed by atoms with Gasteiger partial charge < -0.3 is 36.5 Å². The minimum absolute atomic E-state index is 0.0251. The monoisotopic (exact) mass is 719 g/mol.